The minimum atomic E-state index is -3.51. The van der Waals surface area contributed by atoms with Crippen LogP contribution in [-0.2, 0) is 9.09 Å². The summed E-state index contributed by atoms with van der Waals surface area (Å²) >= 11 is 0. The van der Waals surface area contributed by atoms with Crippen LogP contribution >= 0.6 is 7.60 Å². The van der Waals surface area contributed by atoms with Crippen molar-refractivity contribution in [2.24, 2.45) is 0 Å². The van der Waals surface area contributed by atoms with Gasteiger partial charge in [-0.15, -0.1) is 0 Å². The predicted octanol–water partition coefficient (Wildman–Crippen LogP) is 5.99. The summed E-state index contributed by atoms with van der Waals surface area (Å²) in [6.45, 7) is 2.26. The van der Waals surface area contributed by atoms with E-state index in [0.29, 0.717) is 0 Å². The molecule has 0 fully saturated rings. The number of hydrogen-bond acceptors (Lipinski definition) is 3. The smallest absolute Gasteiger partial charge is 0.134 e. The van der Waals surface area contributed by atoms with Gasteiger partial charge >= 0.3 is 0 Å². The van der Waals surface area contributed by atoms with Crippen molar-refractivity contribution in [1.29, 1.82) is 0 Å². The Hall–Kier alpha value is 0.110. The van der Waals surface area contributed by atoms with Crippen molar-refractivity contribution in [3.8, 4) is 0 Å². The minimum Gasteiger partial charge on any atom is -0.779 e. The zero-order valence-electron chi connectivity index (χ0n) is 18.7. The monoisotopic (exact) mass is 393 g/mol. The van der Waals surface area contributed by atoms with Crippen LogP contribution in [0.25, 0.3) is 0 Å². The van der Waals surface area contributed by atoms with E-state index < -0.39 is 7.60 Å². The highest BCUT2D eigenvalue weighted by atomic mass is 31.2. The van der Waals surface area contributed by atoms with Crippen LogP contribution in [0, 0.1) is 0 Å². The Morgan fingerprint density at radius 1 is 0.692 bits per heavy atom. The fraction of sp³-hybridized carbons (Fsp3) is 1.00. The average molecular weight is 394 g/mol. The summed E-state index contributed by atoms with van der Waals surface area (Å²) in [5, 5.41) is 0. The van der Waals surface area contributed by atoms with Crippen LogP contribution in [0.5, 0.6) is 0 Å². The molecule has 0 bridgehead atoms. The van der Waals surface area contributed by atoms with Gasteiger partial charge in [0, 0.05) is 13.3 Å². The lowest BCUT2D eigenvalue weighted by Crippen LogP contribution is -2.27. The van der Waals surface area contributed by atoms with Crippen LogP contribution in [0.15, 0.2) is 0 Å². The van der Waals surface area contributed by atoms with E-state index in [4.69, 9.17) is 0 Å². The second-order valence-electron chi connectivity index (χ2n) is 8.80. The Labute approximate surface area is 164 Å². The number of unbranched alkanes of at least 4 members (excludes halogenated alkanes) is 13. The Kier molecular flexibility index (Phi) is 20.1. The molecule has 0 aromatic carbocycles. The summed E-state index contributed by atoms with van der Waals surface area (Å²) < 4.78 is 16.6. The third-order valence-corrected chi connectivity index (χ3v) is 5.48. The van der Waals surface area contributed by atoms with E-state index in [0.717, 1.165) is 23.7 Å². The standard InChI is InChI=1S/C17H37O3P.C4H12N/c1-3-4-5-6-7-8-9-10-11-12-13-14-15-16-17-21(18,19)20-2;1-5(2,3)4/h3-17H2,1-2H3,(H,18,19);1-4H3/q;+1/p-1. The zero-order chi connectivity index (χ0) is 20.3. The molecule has 0 heterocycles. The fourth-order valence-corrected chi connectivity index (χ4v) is 3.38. The molecule has 0 radical (unpaired) electrons. The molecular weight excluding hydrogens is 345 g/mol. The predicted molar refractivity (Wildman–Crippen MR) is 114 cm³/mol. The van der Waals surface area contributed by atoms with E-state index in [2.05, 4.69) is 39.6 Å². The van der Waals surface area contributed by atoms with Crippen molar-refractivity contribution >= 4 is 7.60 Å². The molecule has 0 aromatic rings. The number of hydrogen-bond donors (Lipinski definition) is 0. The summed E-state index contributed by atoms with van der Waals surface area (Å²) in [5.74, 6) is 0. The first-order chi connectivity index (χ1) is 12.1. The van der Waals surface area contributed by atoms with E-state index in [-0.39, 0.29) is 6.16 Å². The topological polar surface area (TPSA) is 49.4 Å². The molecule has 0 aliphatic heterocycles. The highest BCUT2D eigenvalue weighted by molar-refractivity contribution is 7.51. The van der Waals surface area contributed by atoms with Gasteiger partial charge < -0.3 is 18.5 Å². The Morgan fingerprint density at radius 2 is 0.962 bits per heavy atom. The van der Waals surface area contributed by atoms with Gasteiger partial charge in [0.1, 0.15) is 7.60 Å². The van der Waals surface area contributed by atoms with E-state index in [1.165, 1.54) is 77.7 Å². The highest BCUT2D eigenvalue weighted by Gasteiger charge is 2.04. The molecule has 160 valence electrons. The second-order valence-corrected chi connectivity index (χ2v) is 10.8. The Morgan fingerprint density at radius 3 is 1.23 bits per heavy atom. The number of rotatable bonds is 16. The molecule has 0 aromatic heterocycles. The third kappa shape index (κ3) is 31.8. The highest BCUT2D eigenvalue weighted by Crippen LogP contribution is 2.36. The van der Waals surface area contributed by atoms with Gasteiger partial charge in [0.2, 0.25) is 0 Å². The van der Waals surface area contributed by atoms with Gasteiger partial charge in [-0.05, 0) is 6.42 Å². The molecule has 0 aliphatic rings. The van der Waals surface area contributed by atoms with Gasteiger partial charge in [0.05, 0.1) is 28.2 Å². The van der Waals surface area contributed by atoms with Crippen LogP contribution in [0.1, 0.15) is 96.8 Å². The van der Waals surface area contributed by atoms with Gasteiger partial charge in [0.25, 0.3) is 0 Å². The van der Waals surface area contributed by atoms with E-state index in [1.54, 1.807) is 0 Å². The molecular formula is C21H48NO3P. The first kappa shape index (κ1) is 28.3. The van der Waals surface area contributed by atoms with Gasteiger partial charge in [0.15, 0.2) is 0 Å². The molecule has 0 N–H and O–H groups in total. The Balaban J connectivity index is 0. The first-order valence-electron chi connectivity index (χ1n) is 10.8. The van der Waals surface area contributed by atoms with Gasteiger partial charge in [-0.1, -0.05) is 90.4 Å². The summed E-state index contributed by atoms with van der Waals surface area (Å²) in [6.07, 6.45) is 18.1. The molecule has 1 atom stereocenters. The lowest BCUT2D eigenvalue weighted by molar-refractivity contribution is -0.849. The number of quaternary nitrogens is 1. The van der Waals surface area contributed by atoms with Gasteiger partial charge in [-0.3, -0.25) is 0 Å². The molecule has 26 heavy (non-hydrogen) atoms. The minimum absolute atomic E-state index is 0.196. The van der Waals surface area contributed by atoms with Crippen molar-refractivity contribution in [3.63, 3.8) is 0 Å². The fourth-order valence-electron chi connectivity index (χ4n) is 2.59. The molecule has 0 saturated carbocycles. The average Bonchev–Trinajstić information content (AvgIpc) is 2.53. The summed E-state index contributed by atoms with van der Waals surface area (Å²) in [6, 6.07) is 0. The lowest BCUT2D eigenvalue weighted by Gasteiger charge is -2.20. The van der Waals surface area contributed by atoms with Crippen LogP contribution in [-0.4, -0.2) is 45.9 Å². The van der Waals surface area contributed by atoms with Crippen molar-refractivity contribution in [2.75, 3.05) is 41.5 Å². The first-order valence-corrected chi connectivity index (χ1v) is 12.5. The molecule has 1 unspecified atom stereocenters. The van der Waals surface area contributed by atoms with E-state index in [9.17, 15) is 9.46 Å². The van der Waals surface area contributed by atoms with Crippen LogP contribution < -0.4 is 4.89 Å². The van der Waals surface area contributed by atoms with Gasteiger partial charge in [-0.2, -0.15) is 0 Å². The molecule has 0 amide bonds. The zero-order valence-corrected chi connectivity index (χ0v) is 19.6. The molecule has 5 heteroatoms. The normalized spacial score (nSPS) is 13.8. The molecule has 0 aliphatic carbocycles. The van der Waals surface area contributed by atoms with Gasteiger partial charge in [-0.25, -0.2) is 0 Å². The van der Waals surface area contributed by atoms with Crippen LogP contribution in [0.3, 0.4) is 0 Å². The van der Waals surface area contributed by atoms with Crippen molar-refractivity contribution in [2.45, 2.75) is 96.8 Å². The summed E-state index contributed by atoms with van der Waals surface area (Å²) in [4.78, 5) is 11.1. The Bertz CT molecular complexity index is 324. The van der Waals surface area contributed by atoms with E-state index >= 15 is 0 Å². The molecule has 0 rings (SSSR count). The van der Waals surface area contributed by atoms with E-state index in [1.807, 2.05) is 0 Å². The second kappa shape index (κ2) is 18.5. The largest absolute Gasteiger partial charge is 0.779 e. The molecule has 0 saturated heterocycles. The number of nitrogens with zero attached hydrogens (tertiary/aromatic N) is 1. The van der Waals surface area contributed by atoms with Crippen LogP contribution in [0.4, 0.5) is 0 Å². The third-order valence-electron chi connectivity index (χ3n) is 4.06. The maximum atomic E-state index is 11.1. The lowest BCUT2D eigenvalue weighted by atomic mass is 10.0. The summed E-state index contributed by atoms with van der Waals surface area (Å²) in [5.41, 5.74) is 0. The maximum Gasteiger partial charge on any atom is 0.134 e. The van der Waals surface area contributed by atoms with Crippen LogP contribution in [0.2, 0.25) is 0 Å². The molecule has 4 nitrogen and oxygen atoms in total. The molecule has 0 spiro atoms. The maximum absolute atomic E-state index is 11.1. The quantitative estimate of drug-likeness (QED) is 0.184. The summed E-state index contributed by atoms with van der Waals surface area (Å²) in [7, 11) is 6.24. The van der Waals surface area contributed by atoms with Crippen molar-refractivity contribution in [3.05, 3.63) is 0 Å². The van der Waals surface area contributed by atoms with Crippen molar-refractivity contribution < 1.29 is 18.5 Å². The van der Waals surface area contributed by atoms with Crippen molar-refractivity contribution in [1.82, 2.24) is 0 Å². The SMILES string of the molecule is CCCCCCCCCCCCCCCCP(=O)([O-])OC.C[N+](C)(C)C.